The van der Waals surface area contributed by atoms with Crippen LogP contribution in [0.2, 0.25) is 5.02 Å². The number of hydrogen-bond acceptors (Lipinski definition) is 5. The summed E-state index contributed by atoms with van der Waals surface area (Å²) in [5.41, 5.74) is 0.513. The third-order valence-electron chi connectivity index (χ3n) is 2.73. The molecule has 21 heavy (non-hydrogen) atoms. The second kappa shape index (κ2) is 5.75. The van der Waals surface area contributed by atoms with Crippen LogP contribution in [-0.2, 0) is 6.42 Å². The number of benzene rings is 1. The minimum atomic E-state index is -0.219. The van der Waals surface area contributed by atoms with E-state index in [-0.39, 0.29) is 5.56 Å². The van der Waals surface area contributed by atoms with Crippen LogP contribution < -0.4 is 10.3 Å². The second-order valence-electron chi connectivity index (χ2n) is 4.18. The van der Waals surface area contributed by atoms with E-state index in [1.54, 1.807) is 12.1 Å². The number of fused-ring (bicyclic) bond motifs is 1. The number of rotatable bonds is 3. The van der Waals surface area contributed by atoms with Crippen LogP contribution in [0.15, 0.2) is 33.5 Å². The lowest BCUT2D eigenvalue weighted by atomic mass is 10.3. The van der Waals surface area contributed by atoms with Crippen LogP contribution in [0.4, 0.5) is 0 Å². The van der Waals surface area contributed by atoms with Crippen molar-refractivity contribution in [3.05, 3.63) is 49.8 Å². The van der Waals surface area contributed by atoms with Gasteiger partial charge in [-0.1, -0.05) is 34.5 Å². The fourth-order valence-electron chi connectivity index (χ4n) is 1.71. The van der Waals surface area contributed by atoms with Gasteiger partial charge in [-0.3, -0.25) is 4.79 Å². The van der Waals surface area contributed by atoms with Crippen molar-refractivity contribution >= 4 is 43.8 Å². The minimum absolute atomic E-state index is 0.219. The molecule has 0 atom stereocenters. The van der Waals surface area contributed by atoms with Crippen molar-refractivity contribution in [2.75, 3.05) is 0 Å². The smallest absolute Gasteiger partial charge is 0.300 e. The minimum Gasteiger partial charge on any atom is -0.428 e. The van der Waals surface area contributed by atoms with E-state index in [2.05, 4.69) is 26.0 Å². The maximum absolute atomic E-state index is 11.9. The molecule has 1 aromatic carbocycles. The van der Waals surface area contributed by atoms with E-state index in [0.29, 0.717) is 27.3 Å². The Morgan fingerprint density at radius 2 is 2.24 bits per heavy atom. The van der Waals surface area contributed by atoms with Crippen molar-refractivity contribution in [1.29, 1.82) is 0 Å². The topological polar surface area (TPSA) is 56.5 Å². The maximum atomic E-state index is 11.9. The predicted molar refractivity (Wildman–Crippen MR) is 85.7 cm³/mol. The van der Waals surface area contributed by atoms with Crippen LogP contribution in [0, 0.1) is 0 Å². The van der Waals surface area contributed by atoms with Gasteiger partial charge in [-0.25, -0.2) is 4.98 Å². The van der Waals surface area contributed by atoms with E-state index in [1.165, 1.54) is 21.9 Å². The van der Waals surface area contributed by atoms with Crippen LogP contribution in [0.1, 0.15) is 12.6 Å². The van der Waals surface area contributed by atoms with Gasteiger partial charge in [0.2, 0.25) is 4.96 Å². The molecule has 0 bridgehead atoms. The van der Waals surface area contributed by atoms with Gasteiger partial charge in [-0.2, -0.15) is 4.52 Å². The first kappa shape index (κ1) is 14.5. The van der Waals surface area contributed by atoms with E-state index in [4.69, 9.17) is 16.3 Å². The Balaban J connectivity index is 2.03. The van der Waals surface area contributed by atoms with Crippen LogP contribution in [0.3, 0.4) is 0 Å². The molecule has 0 aliphatic carbocycles. The molecule has 108 valence electrons. The molecule has 0 aliphatic heterocycles. The number of aromatic nitrogens is 3. The van der Waals surface area contributed by atoms with Gasteiger partial charge in [0.25, 0.3) is 10.8 Å². The number of ether oxygens (including phenoxy) is 1. The fraction of sp³-hybridized carbons (Fsp3) is 0.154. The van der Waals surface area contributed by atoms with Crippen molar-refractivity contribution < 1.29 is 4.74 Å². The monoisotopic (exact) mass is 385 g/mol. The van der Waals surface area contributed by atoms with Crippen molar-refractivity contribution in [1.82, 2.24) is 14.6 Å². The molecule has 2 heterocycles. The van der Waals surface area contributed by atoms with Crippen molar-refractivity contribution in [2.45, 2.75) is 13.3 Å². The summed E-state index contributed by atoms with van der Waals surface area (Å²) < 4.78 is 7.72. The van der Waals surface area contributed by atoms with Gasteiger partial charge in [-0.15, -0.1) is 5.10 Å². The summed E-state index contributed by atoms with van der Waals surface area (Å²) in [6, 6.07) is 6.74. The van der Waals surface area contributed by atoms with E-state index in [1.807, 2.05) is 13.0 Å². The fourth-order valence-corrected chi connectivity index (χ4v) is 3.00. The normalized spacial score (nSPS) is 11.0. The highest BCUT2D eigenvalue weighted by atomic mass is 79.9. The number of nitrogens with zero attached hydrogens (tertiary/aromatic N) is 3. The average Bonchev–Trinajstić information content (AvgIpc) is 2.86. The molecule has 5 nitrogen and oxygen atoms in total. The van der Waals surface area contributed by atoms with Crippen molar-refractivity contribution in [2.24, 2.45) is 0 Å². The number of halogens is 2. The highest BCUT2D eigenvalue weighted by molar-refractivity contribution is 9.10. The van der Waals surface area contributed by atoms with Crippen molar-refractivity contribution in [3.8, 4) is 10.9 Å². The van der Waals surface area contributed by atoms with E-state index in [9.17, 15) is 4.79 Å². The molecule has 2 aromatic heterocycles. The third kappa shape index (κ3) is 2.95. The van der Waals surface area contributed by atoms with Gasteiger partial charge in [0, 0.05) is 16.2 Å². The summed E-state index contributed by atoms with van der Waals surface area (Å²) in [5.74, 6) is 0.467. The molecule has 3 rings (SSSR count). The molecule has 0 aliphatic rings. The summed E-state index contributed by atoms with van der Waals surface area (Å²) >= 11 is 10.6. The molecule has 3 aromatic rings. The number of aryl methyl sites for hydroxylation is 1. The standard InChI is InChI=1S/C13H9BrClN3O2S/c1-2-8-6-11(19)18-12(16-8)21-13(17-18)20-10-5-7(14)3-4-9(10)15/h3-6H,2H2,1H3. The molecule has 0 saturated heterocycles. The Bertz CT molecular complexity index is 877. The average molecular weight is 387 g/mol. The van der Waals surface area contributed by atoms with Gasteiger partial charge in [0.1, 0.15) is 5.75 Å². The summed E-state index contributed by atoms with van der Waals surface area (Å²) in [7, 11) is 0. The Labute approximate surface area is 137 Å². The zero-order valence-electron chi connectivity index (χ0n) is 10.8. The molecule has 0 radical (unpaired) electrons. The van der Waals surface area contributed by atoms with E-state index >= 15 is 0 Å². The van der Waals surface area contributed by atoms with Crippen LogP contribution in [0.5, 0.6) is 10.9 Å². The van der Waals surface area contributed by atoms with Gasteiger partial charge in [0.15, 0.2) is 0 Å². The SMILES string of the molecule is CCc1cc(=O)n2nc(Oc3cc(Br)ccc3Cl)sc2n1. The molecular weight excluding hydrogens is 378 g/mol. The lowest BCUT2D eigenvalue weighted by Crippen LogP contribution is -2.14. The summed E-state index contributed by atoms with van der Waals surface area (Å²) in [6.45, 7) is 1.94. The van der Waals surface area contributed by atoms with E-state index < -0.39 is 0 Å². The molecule has 0 unspecified atom stereocenters. The predicted octanol–water partition coefficient (Wildman–Crippen LogP) is 3.92. The van der Waals surface area contributed by atoms with E-state index in [0.717, 1.165) is 10.2 Å². The second-order valence-corrected chi connectivity index (χ2v) is 6.42. The van der Waals surface area contributed by atoms with Crippen LogP contribution in [0.25, 0.3) is 4.96 Å². The highest BCUT2D eigenvalue weighted by Crippen LogP contribution is 2.33. The first-order valence-corrected chi connectivity index (χ1v) is 8.08. The van der Waals surface area contributed by atoms with Crippen LogP contribution in [-0.4, -0.2) is 14.6 Å². The summed E-state index contributed by atoms with van der Waals surface area (Å²) in [6.07, 6.45) is 0.692. The van der Waals surface area contributed by atoms with Gasteiger partial charge in [0.05, 0.1) is 5.02 Å². The third-order valence-corrected chi connectivity index (χ3v) is 4.32. The largest absolute Gasteiger partial charge is 0.428 e. The molecule has 0 spiro atoms. The maximum Gasteiger partial charge on any atom is 0.300 e. The zero-order valence-corrected chi connectivity index (χ0v) is 14.0. The van der Waals surface area contributed by atoms with Gasteiger partial charge in [-0.05, 0) is 36.0 Å². The summed E-state index contributed by atoms with van der Waals surface area (Å²) in [4.78, 5) is 16.8. The quantitative estimate of drug-likeness (QED) is 0.684. The van der Waals surface area contributed by atoms with Crippen molar-refractivity contribution in [3.63, 3.8) is 0 Å². The van der Waals surface area contributed by atoms with Crippen LogP contribution >= 0.6 is 38.9 Å². The molecule has 0 saturated carbocycles. The molecule has 8 heteroatoms. The Morgan fingerprint density at radius 3 is 3.00 bits per heavy atom. The molecular formula is C13H9BrClN3O2S. The summed E-state index contributed by atoms with van der Waals surface area (Å²) in [5, 5.41) is 4.90. The first-order chi connectivity index (χ1) is 10.1. The Morgan fingerprint density at radius 1 is 1.43 bits per heavy atom. The van der Waals surface area contributed by atoms with Gasteiger partial charge >= 0.3 is 0 Å². The Kier molecular flexibility index (Phi) is 3.97. The lowest BCUT2D eigenvalue weighted by Gasteiger charge is -2.03. The molecule has 0 N–H and O–H groups in total. The first-order valence-electron chi connectivity index (χ1n) is 6.09. The number of hydrogen-bond donors (Lipinski definition) is 0. The Hall–Kier alpha value is -1.44. The highest BCUT2D eigenvalue weighted by Gasteiger charge is 2.12. The molecule has 0 fully saturated rings. The zero-order chi connectivity index (χ0) is 15.0. The molecule has 0 amide bonds. The lowest BCUT2D eigenvalue weighted by molar-refractivity contribution is 0.469. The van der Waals surface area contributed by atoms with Gasteiger partial charge < -0.3 is 4.74 Å².